The van der Waals surface area contributed by atoms with Crippen molar-refractivity contribution in [1.29, 1.82) is 0 Å². The van der Waals surface area contributed by atoms with E-state index in [9.17, 15) is 4.79 Å². The number of carbonyl (C=O) groups is 1. The molecule has 3 unspecified atom stereocenters. The molecule has 38 heavy (non-hydrogen) atoms. The fourth-order valence-corrected chi connectivity index (χ4v) is 6.38. The summed E-state index contributed by atoms with van der Waals surface area (Å²) in [6.07, 6.45) is 15.1. The Morgan fingerprint density at radius 3 is 2.18 bits per heavy atom. The molecule has 0 bridgehead atoms. The number of fused-ring (bicyclic) bond motifs is 1. The first-order valence-electron chi connectivity index (χ1n) is 15.4. The average molecular weight is 523 g/mol. The van der Waals surface area contributed by atoms with Crippen molar-refractivity contribution in [1.82, 2.24) is 25.1 Å². The summed E-state index contributed by atoms with van der Waals surface area (Å²) in [7, 11) is 0. The Balaban J connectivity index is 1.31. The second-order valence-corrected chi connectivity index (χ2v) is 12.1. The number of nitrogens with zero attached hydrogens (tertiary/aromatic N) is 5. The van der Waals surface area contributed by atoms with Crippen molar-refractivity contribution in [2.75, 3.05) is 11.9 Å². The number of aromatic nitrogens is 4. The predicted molar refractivity (Wildman–Crippen MR) is 154 cm³/mol. The lowest BCUT2D eigenvalue weighted by molar-refractivity contribution is -0.116. The minimum absolute atomic E-state index is 0.0609. The molecule has 1 N–H and O–H groups in total. The smallest absolute Gasteiger partial charge is 0.244 e. The molecule has 0 spiro atoms. The number of hydrogen-bond donors (Lipinski definition) is 1. The lowest BCUT2D eigenvalue weighted by Gasteiger charge is -2.20. The van der Waals surface area contributed by atoms with Gasteiger partial charge < -0.3 is 5.32 Å². The van der Waals surface area contributed by atoms with Crippen LogP contribution in [0.1, 0.15) is 140 Å². The van der Waals surface area contributed by atoms with Crippen molar-refractivity contribution in [2.24, 2.45) is 0 Å². The van der Waals surface area contributed by atoms with Crippen molar-refractivity contribution in [3.8, 4) is 0 Å². The molecule has 3 atom stereocenters. The summed E-state index contributed by atoms with van der Waals surface area (Å²) in [6, 6.07) is 6.16. The highest BCUT2D eigenvalue weighted by molar-refractivity contribution is 6.00. The van der Waals surface area contributed by atoms with Gasteiger partial charge in [-0.05, 0) is 47.4 Å². The van der Waals surface area contributed by atoms with Crippen LogP contribution < -0.4 is 5.32 Å². The molecule has 2 fully saturated rings. The van der Waals surface area contributed by atoms with Crippen LogP contribution >= 0.6 is 0 Å². The molecular weight excluding hydrogens is 472 g/mol. The Hall–Kier alpha value is -2.28. The van der Waals surface area contributed by atoms with Gasteiger partial charge in [-0.25, -0.2) is 0 Å². The zero-order valence-electron chi connectivity index (χ0n) is 24.5. The number of para-hydroxylation sites is 1. The molecule has 0 aliphatic carbocycles. The molecule has 4 rings (SSSR count). The van der Waals surface area contributed by atoms with Gasteiger partial charge in [0.1, 0.15) is 11.6 Å². The number of carbonyl (C=O) groups excluding carboxylic acids is 1. The molecule has 0 saturated carbocycles. The number of anilines is 1. The van der Waals surface area contributed by atoms with E-state index in [1.807, 2.05) is 0 Å². The van der Waals surface area contributed by atoms with E-state index in [0.717, 1.165) is 43.9 Å². The van der Waals surface area contributed by atoms with Gasteiger partial charge in [0.05, 0.1) is 6.54 Å². The number of benzene rings is 1. The van der Waals surface area contributed by atoms with E-state index in [1.165, 1.54) is 68.9 Å². The summed E-state index contributed by atoms with van der Waals surface area (Å²) < 4.78 is 0. The van der Waals surface area contributed by atoms with Crippen molar-refractivity contribution < 1.29 is 4.79 Å². The van der Waals surface area contributed by atoms with Gasteiger partial charge in [0, 0.05) is 12.2 Å². The highest BCUT2D eigenvalue weighted by atomic mass is 16.2. The van der Waals surface area contributed by atoms with Gasteiger partial charge in [-0.1, -0.05) is 111 Å². The van der Waals surface area contributed by atoms with Gasteiger partial charge in [0.2, 0.25) is 5.91 Å². The van der Waals surface area contributed by atoms with E-state index in [1.54, 1.807) is 4.80 Å². The van der Waals surface area contributed by atoms with Crippen LogP contribution in [-0.2, 0) is 16.9 Å². The maximum absolute atomic E-state index is 13.7. The Morgan fingerprint density at radius 1 is 0.974 bits per heavy atom. The molecule has 2 aliphatic heterocycles. The molecule has 1 aromatic carbocycles. The quantitative estimate of drug-likeness (QED) is 0.187. The van der Waals surface area contributed by atoms with Gasteiger partial charge in [-0.2, -0.15) is 4.80 Å². The third-order valence-electron chi connectivity index (χ3n) is 8.59. The fourth-order valence-electron chi connectivity index (χ4n) is 6.38. The second kappa shape index (κ2) is 13.2. The Morgan fingerprint density at radius 2 is 1.58 bits per heavy atom. The summed E-state index contributed by atoms with van der Waals surface area (Å²) in [4.78, 5) is 17.7. The highest BCUT2D eigenvalue weighted by Crippen LogP contribution is 2.56. The standard InChI is InChI=1S/C31H50N6O/c1-6-7-8-9-10-11-12-13-14-15-22-37-34-30(33-35-37)31-20-17-21-36(31)28(31)29(38)32-27-25(23(2)3)18-16-19-26(27)24(4)5/h16,18-19,23-24,28H,6-15,17,20-22H2,1-5H3,(H,32,38). The Kier molecular flexibility index (Phi) is 9.97. The van der Waals surface area contributed by atoms with Crippen molar-refractivity contribution in [3.05, 3.63) is 35.2 Å². The number of rotatable bonds is 16. The lowest BCUT2D eigenvalue weighted by Crippen LogP contribution is -2.28. The maximum atomic E-state index is 13.7. The summed E-state index contributed by atoms with van der Waals surface area (Å²) in [6.45, 7) is 12.7. The van der Waals surface area contributed by atoms with Gasteiger partial charge in [0.15, 0.2) is 5.82 Å². The highest BCUT2D eigenvalue weighted by Gasteiger charge is 2.71. The summed E-state index contributed by atoms with van der Waals surface area (Å²) >= 11 is 0. The number of nitrogens with one attached hydrogen (secondary N) is 1. The van der Waals surface area contributed by atoms with Crippen LogP contribution in [0.2, 0.25) is 0 Å². The van der Waals surface area contributed by atoms with Crippen molar-refractivity contribution in [3.63, 3.8) is 0 Å². The second-order valence-electron chi connectivity index (χ2n) is 12.1. The summed E-state index contributed by atoms with van der Waals surface area (Å²) in [5.74, 6) is 1.46. The SMILES string of the molecule is CCCCCCCCCCCCn1nnc(C23CCCN2C3C(=O)Nc2c(C(C)C)cccc2C(C)C)n1. The summed E-state index contributed by atoms with van der Waals surface area (Å²) in [5.41, 5.74) is 2.99. The van der Waals surface area contributed by atoms with E-state index < -0.39 is 0 Å². The van der Waals surface area contributed by atoms with Crippen LogP contribution in [0.5, 0.6) is 0 Å². The maximum Gasteiger partial charge on any atom is 0.244 e. The van der Waals surface area contributed by atoms with Gasteiger partial charge in [-0.3, -0.25) is 9.69 Å². The first kappa shape index (κ1) is 28.7. The molecule has 7 nitrogen and oxygen atoms in total. The molecule has 210 valence electrons. The molecule has 1 amide bonds. The van der Waals surface area contributed by atoms with Crippen LogP contribution in [-0.4, -0.2) is 43.6 Å². The van der Waals surface area contributed by atoms with E-state index in [-0.39, 0.29) is 17.5 Å². The minimum Gasteiger partial charge on any atom is -0.324 e. The monoisotopic (exact) mass is 522 g/mol. The van der Waals surface area contributed by atoms with E-state index in [0.29, 0.717) is 11.8 Å². The molecule has 2 aromatic rings. The van der Waals surface area contributed by atoms with Crippen LogP contribution in [0.4, 0.5) is 5.69 Å². The van der Waals surface area contributed by atoms with Gasteiger partial charge >= 0.3 is 0 Å². The summed E-state index contributed by atoms with van der Waals surface area (Å²) in [5, 5.41) is 17.0. The molecule has 2 saturated heterocycles. The average Bonchev–Trinajstić information content (AvgIpc) is 3.19. The zero-order chi connectivity index (χ0) is 27.1. The van der Waals surface area contributed by atoms with Gasteiger partial charge in [-0.15, -0.1) is 10.2 Å². The first-order valence-corrected chi connectivity index (χ1v) is 15.4. The van der Waals surface area contributed by atoms with Crippen molar-refractivity contribution in [2.45, 2.75) is 142 Å². The lowest BCUT2D eigenvalue weighted by atomic mass is 9.92. The van der Waals surface area contributed by atoms with E-state index in [2.05, 4.69) is 73.3 Å². The van der Waals surface area contributed by atoms with Crippen LogP contribution in [0.3, 0.4) is 0 Å². The van der Waals surface area contributed by atoms with E-state index in [4.69, 9.17) is 5.10 Å². The van der Waals surface area contributed by atoms with E-state index >= 15 is 0 Å². The molecule has 7 heteroatoms. The third kappa shape index (κ3) is 6.30. The predicted octanol–water partition coefficient (Wildman–Crippen LogP) is 7.15. The van der Waals surface area contributed by atoms with Crippen LogP contribution in [0.25, 0.3) is 0 Å². The normalized spacial score (nSPS) is 22.3. The molecule has 2 aliphatic rings. The number of tetrazole rings is 1. The van der Waals surface area contributed by atoms with Gasteiger partial charge in [0.25, 0.3) is 0 Å². The molecular formula is C31H50N6O. The number of unbranched alkanes of at least 4 members (excludes halogenated alkanes) is 9. The molecule has 3 heterocycles. The number of amides is 1. The molecule has 1 aromatic heterocycles. The van der Waals surface area contributed by atoms with Crippen LogP contribution in [0, 0.1) is 0 Å². The Labute approximate surface area is 230 Å². The number of hydrogen-bond acceptors (Lipinski definition) is 5. The van der Waals surface area contributed by atoms with Crippen LogP contribution in [0.15, 0.2) is 18.2 Å². The molecule has 0 radical (unpaired) electrons. The minimum atomic E-state index is -0.384. The number of aryl methyl sites for hydroxylation is 1. The third-order valence-corrected chi connectivity index (χ3v) is 8.59. The largest absolute Gasteiger partial charge is 0.324 e. The zero-order valence-corrected chi connectivity index (χ0v) is 24.5. The number of piperidine rings is 1. The fraction of sp³-hybridized carbons (Fsp3) is 0.742. The van der Waals surface area contributed by atoms with Crippen molar-refractivity contribution >= 4 is 11.6 Å². The topological polar surface area (TPSA) is 75.7 Å². The first-order chi connectivity index (χ1) is 18.4. The Bertz CT molecular complexity index is 1020.